The quantitative estimate of drug-likeness (QED) is 0.603. The normalized spacial score (nSPS) is 14.1. The average Bonchev–Trinajstić information content (AvgIpc) is 2.79. The van der Waals surface area contributed by atoms with Crippen LogP contribution in [0.5, 0.6) is 0 Å². The van der Waals surface area contributed by atoms with Crippen LogP contribution in [0.1, 0.15) is 29.7 Å². The Morgan fingerprint density at radius 2 is 2.25 bits per heavy atom. The second-order valence-electron chi connectivity index (χ2n) is 5.12. The molecule has 5 nitrogen and oxygen atoms in total. The first-order chi connectivity index (χ1) is 9.37. The van der Waals surface area contributed by atoms with Crippen molar-refractivity contribution in [2.45, 2.75) is 25.7 Å². The highest BCUT2D eigenvalue weighted by molar-refractivity contribution is 7.90. The van der Waals surface area contributed by atoms with Gasteiger partial charge in [0.1, 0.15) is 20.6 Å². The van der Waals surface area contributed by atoms with E-state index < -0.39 is 9.84 Å². The van der Waals surface area contributed by atoms with Gasteiger partial charge in [0, 0.05) is 18.5 Å². The molecule has 110 valence electrons. The van der Waals surface area contributed by atoms with Crippen LogP contribution in [0.25, 0.3) is 0 Å². The van der Waals surface area contributed by atoms with Crippen molar-refractivity contribution in [1.29, 1.82) is 0 Å². The zero-order valence-corrected chi connectivity index (χ0v) is 13.1. The van der Waals surface area contributed by atoms with Crippen molar-refractivity contribution in [1.82, 2.24) is 4.98 Å². The number of nitrogens with two attached hydrogens (primary N) is 1. The van der Waals surface area contributed by atoms with Gasteiger partial charge in [0.2, 0.25) is 0 Å². The van der Waals surface area contributed by atoms with Gasteiger partial charge in [0.05, 0.1) is 11.3 Å². The van der Waals surface area contributed by atoms with Crippen molar-refractivity contribution in [2.24, 2.45) is 5.73 Å². The van der Waals surface area contributed by atoms with Gasteiger partial charge in [0.15, 0.2) is 0 Å². The number of aryl methyl sites for hydroxylation is 2. The van der Waals surface area contributed by atoms with Crippen LogP contribution in [0.15, 0.2) is 6.07 Å². The number of hydrogen-bond donors (Lipinski definition) is 2. The fourth-order valence-electron chi connectivity index (χ4n) is 2.34. The second-order valence-corrected chi connectivity index (χ2v) is 7.82. The Kier molecular flexibility index (Phi) is 4.59. The lowest BCUT2D eigenvalue weighted by molar-refractivity contribution is 0.600. The van der Waals surface area contributed by atoms with Crippen molar-refractivity contribution in [2.75, 3.05) is 23.9 Å². The molecule has 1 aromatic rings. The molecule has 0 aromatic carbocycles. The van der Waals surface area contributed by atoms with Crippen LogP contribution in [0.2, 0.25) is 0 Å². The molecule has 2 rings (SSSR count). The number of nitrogens with one attached hydrogen (secondary N) is 1. The molecular formula is C13H19N3O2S2. The maximum Gasteiger partial charge on any atom is 0.147 e. The summed E-state index contributed by atoms with van der Waals surface area (Å²) in [5.41, 5.74) is 8.80. The van der Waals surface area contributed by atoms with Gasteiger partial charge in [-0.1, -0.05) is 12.2 Å². The summed E-state index contributed by atoms with van der Waals surface area (Å²) in [5.74, 6) is 0.833. The Labute approximate surface area is 124 Å². The van der Waals surface area contributed by atoms with Gasteiger partial charge < -0.3 is 11.1 Å². The summed E-state index contributed by atoms with van der Waals surface area (Å²) in [7, 11) is -2.93. The summed E-state index contributed by atoms with van der Waals surface area (Å²) in [5, 5.41) is 3.15. The molecule has 7 heteroatoms. The van der Waals surface area contributed by atoms with Crippen molar-refractivity contribution in [3.63, 3.8) is 0 Å². The first kappa shape index (κ1) is 15.2. The topological polar surface area (TPSA) is 85.1 Å². The van der Waals surface area contributed by atoms with Crippen LogP contribution >= 0.6 is 12.2 Å². The monoisotopic (exact) mass is 313 g/mol. The molecule has 20 heavy (non-hydrogen) atoms. The average molecular weight is 313 g/mol. The van der Waals surface area contributed by atoms with E-state index >= 15 is 0 Å². The first-order valence-electron chi connectivity index (χ1n) is 6.61. The fourth-order valence-corrected chi connectivity index (χ4v) is 3.16. The minimum absolute atomic E-state index is 0.160. The number of rotatable bonds is 6. The molecular weight excluding hydrogens is 294 g/mol. The number of sulfone groups is 1. The number of nitrogens with zero attached hydrogens (tertiary/aromatic N) is 1. The van der Waals surface area contributed by atoms with Gasteiger partial charge in [-0.2, -0.15) is 0 Å². The lowest BCUT2D eigenvalue weighted by atomic mass is 10.1. The SMILES string of the molecule is CS(=O)(=O)CCCNc1nc2c(cc1C(N)=S)CCC2. The van der Waals surface area contributed by atoms with Crippen LogP contribution in [0, 0.1) is 0 Å². The summed E-state index contributed by atoms with van der Waals surface area (Å²) in [6.07, 6.45) is 4.88. The highest BCUT2D eigenvalue weighted by Gasteiger charge is 2.17. The number of anilines is 1. The lowest BCUT2D eigenvalue weighted by Gasteiger charge is -2.12. The van der Waals surface area contributed by atoms with Crippen molar-refractivity contribution in [3.05, 3.63) is 22.9 Å². The third-order valence-electron chi connectivity index (χ3n) is 3.30. The molecule has 0 saturated carbocycles. The van der Waals surface area contributed by atoms with E-state index in [2.05, 4.69) is 10.3 Å². The molecule has 0 atom stereocenters. The van der Waals surface area contributed by atoms with E-state index in [9.17, 15) is 8.42 Å². The zero-order valence-electron chi connectivity index (χ0n) is 11.5. The van der Waals surface area contributed by atoms with Crippen LogP contribution in [0.4, 0.5) is 5.82 Å². The van der Waals surface area contributed by atoms with E-state index in [0.717, 1.165) is 30.5 Å². The zero-order chi connectivity index (χ0) is 14.8. The third kappa shape index (κ3) is 3.89. The first-order valence-corrected chi connectivity index (χ1v) is 9.08. The summed E-state index contributed by atoms with van der Waals surface area (Å²) in [4.78, 5) is 4.90. The molecule has 1 aliphatic carbocycles. The Hall–Kier alpha value is -1.21. The number of thiocarbonyl (C=S) groups is 1. The lowest BCUT2D eigenvalue weighted by Crippen LogP contribution is -2.17. The van der Waals surface area contributed by atoms with Gasteiger partial charge >= 0.3 is 0 Å². The molecule has 0 saturated heterocycles. The highest BCUT2D eigenvalue weighted by atomic mass is 32.2. The third-order valence-corrected chi connectivity index (χ3v) is 4.55. The summed E-state index contributed by atoms with van der Waals surface area (Å²) < 4.78 is 22.2. The Morgan fingerprint density at radius 1 is 1.50 bits per heavy atom. The predicted octanol–water partition coefficient (Wildman–Crippen LogP) is 1.05. The maximum absolute atomic E-state index is 11.1. The molecule has 0 spiro atoms. The molecule has 1 aliphatic rings. The van der Waals surface area contributed by atoms with Gasteiger partial charge in [0.25, 0.3) is 0 Å². The number of fused-ring (bicyclic) bond motifs is 1. The van der Waals surface area contributed by atoms with Crippen molar-refractivity contribution in [3.8, 4) is 0 Å². The van der Waals surface area contributed by atoms with Gasteiger partial charge in [-0.3, -0.25) is 0 Å². The molecule has 0 bridgehead atoms. The minimum atomic E-state index is -2.93. The molecule has 0 aliphatic heterocycles. The molecule has 0 fully saturated rings. The highest BCUT2D eigenvalue weighted by Crippen LogP contribution is 2.25. The molecule has 1 aromatic heterocycles. The molecule has 0 radical (unpaired) electrons. The molecule has 3 N–H and O–H groups in total. The van der Waals surface area contributed by atoms with Gasteiger partial charge in [-0.15, -0.1) is 0 Å². The summed E-state index contributed by atoms with van der Waals surface area (Å²) in [6.45, 7) is 0.536. The van der Waals surface area contributed by atoms with E-state index in [1.54, 1.807) is 0 Å². The second kappa shape index (κ2) is 6.05. The Morgan fingerprint density at radius 3 is 2.90 bits per heavy atom. The van der Waals surface area contributed by atoms with E-state index in [1.165, 1.54) is 11.8 Å². The Balaban J connectivity index is 2.08. The summed E-state index contributed by atoms with van der Waals surface area (Å²) >= 11 is 5.06. The van der Waals surface area contributed by atoms with Crippen molar-refractivity contribution < 1.29 is 8.42 Å². The number of hydrogen-bond acceptors (Lipinski definition) is 5. The van der Waals surface area contributed by atoms with Gasteiger partial charge in [-0.05, 0) is 37.3 Å². The van der Waals surface area contributed by atoms with E-state index in [1.807, 2.05) is 6.07 Å². The molecule has 0 unspecified atom stereocenters. The van der Waals surface area contributed by atoms with Crippen LogP contribution in [0.3, 0.4) is 0 Å². The predicted molar refractivity (Wildman–Crippen MR) is 85.0 cm³/mol. The Bertz CT molecular complexity index is 627. The van der Waals surface area contributed by atoms with E-state index in [0.29, 0.717) is 23.8 Å². The van der Waals surface area contributed by atoms with Gasteiger partial charge in [-0.25, -0.2) is 13.4 Å². The minimum Gasteiger partial charge on any atom is -0.389 e. The number of aromatic nitrogens is 1. The molecule has 0 amide bonds. The molecule has 1 heterocycles. The van der Waals surface area contributed by atoms with E-state index in [4.69, 9.17) is 18.0 Å². The maximum atomic E-state index is 11.1. The van der Waals surface area contributed by atoms with E-state index in [-0.39, 0.29) is 5.75 Å². The van der Waals surface area contributed by atoms with Crippen molar-refractivity contribution >= 4 is 32.9 Å². The smallest absolute Gasteiger partial charge is 0.147 e. The largest absolute Gasteiger partial charge is 0.389 e. The van der Waals surface area contributed by atoms with Crippen LogP contribution in [-0.4, -0.2) is 36.9 Å². The van der Waals surface area contributed by atoms with Crippen LogP contribution < -0.4 is 11.1 Å². The standard InChI is InChI=1S/C13H19N3O2S2/c1-20(17,18)7-3-6-15-13-10(12(14)19)8-9-4-2-5-11(9)16-13/h8H,2-7H2,1H3,(H2,14,19)(H,15,16). The fraction of sp³-hybridized carbons (Fsp3) is 0.538. The summed E-state index contributed by atoms with van der Waals surface area (Å²) in [6, 6.07) is 2.01. The number of pyridine rings is 1. The van der Waals surface area contributed by atoms with Crippen LogP contribution in [-0.2, 0) is 22.7 Å².